The van der Waals surface area contributed by atoms with Gasteiger partial charge in [0.1, 0.15) is 0 Å². The van der Waals surface area contributed by atoms with Crippen LogP contribution in [0, 0.1) is 0 Å². The van der Waals surface area contributed by atoms with Crippen LogP contribution in [0.4, 0.5) is 0 Å². The molecule has 0 aromatic rings. The zero-order valence-corrected chi connectivity index (χ0v) is 10.8. The Morgan fingerprint density at radius 2 is 1.73 bits per heavy atom. The van der Waals surface area contributed by atoms with E-state index in [-0.39, 0.29) is 12.0 Å². The van der Waals surface area contributed by atoms with Crippen LogP contribution in [0.2, 0.25) is 12.6 Å². The topological polar surface area (TPSA) is 52.6 Å². The van der Waals surface area contributed by atoms with E-state index in [0.29, 0.717) is 6.04 Å². The number of hydrogen-bond donors (Lipinski definition) is 0. The van der Waals surface area contributed by atoms with Gasteiger partial charge in [-0.15, -0.1) is 0 Å². The van der Waals surface area contributed by atoms with Gasteiger partial charge in [-0.1, -0.05) is 6.58 Å². The third-order valence-corrected chi connectivity index (χ3v) is 5.20. The zero-order valence-electron chi connectivity index (χ0n) is 9.75. The Hall–Kier alpha value is -0.783. The van der Waals surface area contributed by atoms with Crippen LogP contribution in [-0.2, 0) is 18.4 Å². The first-order valence-electron chi connectivity index (χ1n) is 4.69. The fourth-order valence-electron chi connectivity index (χ4n) is 0.980. The van der Waals surface area contributed by atoms with Crippen molar-refractivity contribution < 1.29 is 18.4 Å². The average Bonchev–Trinajstić information content (AvgIpc) is 2.24. The van der Waals surface area contributed by atoms with Crippen molar-refractivity contribution in [2.45, 2.75) is 25.9 Å². The third-order valence-electron chi connectivity index (χ3n) is 2.31. The maximum absolute atomic E-state index is 11.4. The van der Waals surface area contributed by atoms with Gasteiger partial charge in [0.2, 0.25) is 11.6 Å². The monoisotopic (exact) mass is 230 g/mol. The number of ketones is 2. The maximum atomic E-state index is 11.4. The van der Waals surface area contributed by atoms with Crippen molar-refractivity contribution in [2.24, 2.45) is 0 Å². The van der Waals surface area contributed by atoms with Crippen molar-refractivity contribution in [1.82, 2.24) is 0 Å². The van der Waals surface area contributed by atoms with Crippen molar-refractivity contribution in [3.05, 3.63) is 12.2 Å². The largest absolute Gasteiger partial charge is 0.398 e. The first kappa shape index (κ1) is 14.2. The van der Waals surface area contributed by atoms with Crippen LogP contribution in [0.5, 0.6) is 0 Å². The van der Waals surface area contributed by atoms with Crippen molar-refractivity contribution in [3.8, 4) is 0 Å². The van der Waals surface area contributed by atoms with Gasteiger partial charge in [-0.05, 0) is 25.1 Å². The van der Waals surface area contributed by atoms with E-state index in [2.05, 4.69) is 6.58 Å². The van der Waals surface area contributed by atoms with Gasteiger partial charge in [0.15, 0.2) is 0 Å². The molecule has 86 valence electrons. The Bertz CT molecular complexity index is 269. The summed E-state index contributed by atoms with van der Waals surface area (Å²) in [5.41, 5.74) is 0.276. The summed E-state index contributed by atoms with van der Waals surface area (Å²) in [7, 11) is 0.869. The Labute approximate surface area is 91.5 Å². The second kappa shape index (κ2) is 5.94. The molecule has 0 aliphatic rings. The first-order valence-corrected chi connectivity index (χ1v) is 7.22. The molecule has 0 heterocycles. The highest BCUT2D eigenvalue weighted by Crippen LogP contribution is 2.14. The molecule has 5 heteroatoms. The summed E-state index contributed by atoms with van der Waals surface area (Å²) < 4.78 is 10.4. The molecule has 0 aromatic heterocycles. The maximum Gasteiger partial charge on any atom is 0.334 e. The van der Waals surface area contributed by atoms with Crippen molar-refractivity contribution in [2.75, 3.05) is 14.2 Å². The molecular weight excluding hydrogens is 212 g/mol. The molecule has 0 N–H and O–H groups in total. The average molecular weight is 230 g/mol. The van der Waals surface area contributed by atoms with Crippen molar-refractivity contribution >= 4 is 20.1 Å². The second-order valence-corrected chi connectivity index (χ2v) is 7.16. The Kier molecular flexibility index (Phi) is 5.63. The van der Waals surface area contributed by atoms with Gasteiger partial charge >= 0.3 is 8.56 Å². The molecular formula is C10H18O4Si. The van der Waals surface area contributed by atoms with Crippen LogP contribution in [-0.4, -0.2) is 34.3 Å². The molecule has 0 aliphatic carbocycles. The van der Waals surface area contributed by atoms with Crippen LogP contribution >= 0.6 is 0 Å². The van der Waals surface area contributed by atoms with Crippen LogP contribution in [0.25, 0.3) is 0 Å². The fraction of sp³-hybridized carbons (Fsp3) is 0.600. The molecule has 0 radical (unpaired) electrons. The van der Waals surface area contributed by atoms with Crippen molar-refractivity contribution in [1.29, 1.82) is 0 Å². The second-order valence-electron chi connectivity index (χ2n) is 3.57. The molecule has 0 saturated carbocycles. The minimum absolute atomic E-state index is 0.163. The van der Waals surface area contributed by atoms with Gasteiger partial charge in [0.25, 0.3) is 0 Å². The number of Topliss-reactive ketones (excluding diaryl/α,β-unsaturated/α-hetero) is 2. The number of hydrogen-bond acceptors (Lipinski definition) is 4. The van der Waals surface area contributed by atoms with Crippen molar-refractivity contribution in [3.63, 3.8) is 0 Å². The molecule has 0 aliphatic heterocycles. The Morgan fingerprint density at radius 3 is 2.07 bits per heavy atom. The normalized spacial score (nSPS) is 11.2. The van der Waals surface area contributed by atoms with E-state index in [1.165, 1.54) is 6.92 Å². The summed E-state index contributed by atoms with van der Waals surface area (Å²) in [4.78, 5) is 22.6. The number of carbonyl (C=O) groups excluding carboxylic acids is 2. The van der Waals surface area contributed by atoms with E-state index in [1.54, 1.807) is 14.2 Å². The summed E-state index contributed by atoms with van der Waals surface area (Å²) in [5.74, 6) is -0.922. The molecule has 0 fully saturated rings. The molecule has 0 aromatic carbocycles. The lowest BCUT2D eigenvalue weighted by Gasteiger charge is -2.21. The van der Waals surface area contributed by atoms with E-state index in [9.17, 15) is 9.59 Å². The van der Waals surface area contributed by atoms with Crippen LogP contribution in [0.15, 0.2) is 12.2 Å². The highest BCUT2D eigenvalue weighted by molar-refractivity contribution is 6.66. The lowest BCUT2D eigenvalue weighted by Crippen LogP contribution is -2.37. The summed E-state index contributed by atoms with van der Waals surface area (Å²) >= 11 is 0. The van der Waals surface area contributed by atoms with Gasteiger partial charge in [-0.3, -0.25) is 9.59 Å². The molecule has 0 spiro atoms. The Morgan fingerprint density at radius 1 is 1.27 bits per heavy atom. The predicted octanol–water partition coefficient (Wildman–Crippen LogP) is 1.46. The summed E-state index contributed by atoms with van der Waals surface area (Å²) in [6.07, 6.45) is 0.163. The van der Waals surface area contributed by atoms with Crippen LogP contribution < -0.4 is 0 Å². The minimum Gasteiger partial charge on any atom is -0.398 e. The first-order chi connectivity index (χ1) is 6.86. The SMILES string of the molecule is C=C(C)C(=O)C(=O)CC[Si](C)(OC)OC. The van der Waals surface area contributed by atoms with E-state index in [4.69, 9.17) is 8.85 Å². The number of rotatable bonds is 7. The Balaban J connectivity index is 4.22. The molecule has 0 atom stereocenters. The molecule has 0 unspecified atom stereocenters. The summed E-state index contributed by atoms with van der Waals surface area (Å²) in [5, 5.41) is 0. The van der Waals surface area contributed by atoms with Gasteiger partial charge in [0.05, 0.1) is 0 Å². The minimum atomic E-state index is -2.24. The summed E-state index contributed by atoms with van der Waals surface area (Å²) in [6.45, 7) is 6.82. The smallest absolute Gasteiger partial charge is 0.334 e. The summed E-state index contributed by atoms with van der Waals surface area (Å²) in [6, 6.07) is 0.484. The van der Waals surface area contributed by atoms with Gasteiger partial charge in [0, 0.05) is 20.6 Å². The lowest BCUT2D eigenvalue weighted by molar-refractivity contribution is -0.134. The molecule has 0 bridgehead atoms. The van der Waals surface area contributed by atoms with Crippen LogP contribution in [0.3, 0.4) is 0 Å². The zero-order chi connectivity index (χ0) is 12.1. The van der Waals surface area contributed by atoms with Gasteiger partial charge in [-0.25, -0.2) is 0 Å². The van der Waals surface area contributed by atoms with E-state index in [0.717, 1.165) is 0 Å². The lowest BCUT2D eigenvalue weighted by atomic mass is 10.1. The van der Waals surface area contributed by atoms with E-state index in [1.807, 2.05) is 6.55 Å². The van der Waals surface area contributed by atoms with E-state index < -0.39 is 20.1 Å². The molecule has 4 nitrogen and oxygen atoms in total. The third kappa shape index (κ3) is 4.50. The fourth-order valence-corrected chi connectivity index (χ4v) is 2.24. The molecule has 0 amide bonds. The highest BCUT2D eigenvalue weighted by Gasteiger charge is 2.30. The molecule has 15 heavy (non-hydrogen) atoms. The standard InChI is InChI=1S/C10H18O4Si/c1-8(2)10(12)9(11)6-7-15(5,13-3)14-4/h1,6-7H2,2-5H3. The van der Waals surface area contributed by atoms with Gasteiger partial charge in [-0.2, -0.15) is 0 Å². The number of carbonyl (C=O) groups is 2. The van der Waals surface area contributed by atoms with Gasteiger partial charge < -0.3 is 8.85 Å². The number of allylic oxidation sites excluding steroid dienone is 1. The predicted molar refractivity (Wildman–Crippen MR) is 59.9 cm³/mol. The van der Waals surface area contributed by atoms with E-state index >= 15 is 0 Å². The quantitative estimate of drug-likeness (QED) is 0.377. The molecule has 0 saturated heterocycles. The molecule has 0 rings (SSSR count). The highest BCUT2D eigenvalue weighted by atomic mass is 28.4. The van der Waals surface area contributed by atoms with Crippen LogP contribution in [0.1, 0.15) is 13.3 Å².